The fourth-order valence-corrected chi connectivity index (χ4v) is 1.47. The number of hydrogen-bond acceptors (Lipinski definition) is 2. The average Bonchev–Trinajstić information content (AvgIpc) is 2.09. The lowest BCUT2D eigenvalue weighted by atomic mass is 10.1. The van der Waals surface area contributed by atoms with Crippen molar-refractivity contribution in [1.29, 1.82) is 0 Å². The van der Waals surface area contributed by atoms with Gasteiger partial charge in [0.25, 0.3) is 0 Å². The third-order valence-electron chi connectivity index (χ3n) is 2.28. The second kappa shape index (κ2) is 6.83. The lowest BCUT2D eigenvalue weighted by molar-refractivity contribution is -0.134. The van der Waals surface area contributed by atoms with Crippen molar-refractivity contribution in [3.05, 3.63) is 0 Å². The topological polar surface area (TPSA) is 40.5 Å². The van der Waals surface area contributed by atoms with Gasteiger partial charge in [0.05, 0.1) is 6.10 Å². The van der Waals surface area contributed by atoms with Crippen LogP contribution in [0, 0.1) is 5.92 Å². The Kier molecular flexibility index (Phi) is 6.57. The summed E-state index contributed by atoms with van der Waals surface area (Å²) in [4.78, 5) is 13.7. The Balaban J connectivity index is 4.17. The summed E-state index contributed by atoms with van der Waals surface area (Å²) in [5, 5.41) is 9.13. The van der Waals surface area contributed by atoms with Crippen molar-refractivity contribution < 1.29 is 9.90 Å². The van der Waals surface area contributed by atoms with Crippen LogP contribution in [0.1, 0.15) is 47.5 Å². The smallest absolute Gasteiger partial charge is 0.222 e. The highest BCUT2D eigenvalue weighted by Crippen LogP contribution is 2.08. The van der Waals surface area contributed by atoms with Crippen LogP contribution in [0.4, 0.5) is 0 Å². The van der Waals surface area contributed by atoms with Crippen LogP contribution in [-0.4, -0.2) is 34.6 Å². The molecule has 15 heavy (non-hydrogen) atoms. The van der Waals surface area contributed by atoms with Crippen molar-refractivity contribution in [1.82, 2.24) is 4.90 Å². The second-order valence-corrected chi connectivity index (χ2v) is 4.92. The summed E-state index contributed by atoms with van der Waals surface area (Å²) < 4.78 is 0. The number of amides is 1. The Morgan fingerprint density at radius 2 is 1.73 bits per heavy atom. The van der Waals surface area contributed by atoms with Gasteiger partial charge in [0.2, 0.25) is 5.91 Å². The molecule has 1 amide bonds. The van der Waals surface area contributed by atoms with Crippen molar-refractivity contribution in [2.75, 3.05) is 6.54 Å². The van der Waals surface area contributed by atoms with Gasteiger partial charge in [-0.3, -0.25) is 4.79 Å². The first kappa shape index (κ1) is 14.4. The molecule has 0 saturated carbocycles. The predicted octanol–water partition coefficient (Wildman–Crippen LogP) is 2.04. The van der Waals surface area contributed by atoms with Gasteiger partial charge >= 0.3 is 0 Å². The number of carbonyl (C=O) groups is 1. The molecule has 1 atom stereocenters. The van der Waals surface area contributed by atoms with Gasteiger partial charge in [0.1, 0.15) is 0 Å². The van der Waals surface area contributed by atoms with Crippen molar-refractivity contribution in [3.8, 4) is 0 Å². The molecule has 0 heterocycles. The number of nitrogens with zero attached hydrogens (tertiary/aromatic N) is 1. The van der Waals surface area contributed by atoms with Gasteiger partial charge < -0.3 is 10.0 Å². The molecular weight excluding hydrogens is 190 g/mol. The molecule has 0 radical (unpaired) electrons. The SMILES string of the molecule is CC(C)CN(C(=O)CCC(C)O)C(C)C. The van der Waals surface area contributed by atoms with E-state index in [2.05, 4.69) is 13.8 Å². The summed E-state index contributed by atoms with van der Waals surface area (Å²) in [6, 6.07) is 0.244. The molecule has 0 aromatic carbocycles. The fourth-order valence-electron chi connectivity index (χ4n) is 1.47. The molecule has 0 spiro atoms. The van der Waals surface area contributed by atoms with E-state index < -0.39 is 0 Å². The molecular formula is C12H25NO2. The highest BCUT2D eigenvalue weighted by molar-refractivity contribution is 5.76. The summed E-state index contributed by atoms with van der Waals surface area (Å²) in [5.74, 6) is 0.641. The van der Waals surface area contributed by atoms with Crippen LogP contribution >= 0.6 is 0 Å². The Morgan fingerprint density at radius 3 is 2.07 bits per heavy atom. The van der Waals surface area contributed by atoms with Gasteiger partial charge in [-0.25, -0.2) is 0 Å². The van der Waals surface area contributed by atoms with E-state index >= 15 is 0 Å². The Bertz CT molecular complexity index is 188. The van der Waals surface area contributed by atoms with Crippen LogP contribution in [0.5, 0.6) is 0 Å². The first-order valence-electron chi connectivity index (χ1n) is 5.82. The van der Waals surface area contributed by atoms with Gasteiger partial charge in [0, 0.05) is 19.0 Å². The van der Waals surface area contributed by atoms with E-state index in [1.54, 1.807) is 6.92 Å². The minimum atomic E-state index is -0.387. The van der Waals surface area contributed by atoms with Crippen LogP contribution in [0.25, 0.3) is 0 Å². The largest absolute Gasteiger partial charge is 0.393 e. The summed E-state index contributed by atoms with van der Waals surface area (Å²) >= 11 is 0. The highest BCUT2D eigenvalue weighted by Gasteiger charge is 2.17. The zero-order chi connectivity index (χ0) is 12.0. The van der Waals surface area contributed by atoms with Gasteiger partial charge in [0.15, 0.2) is 0 Å². The van der Waals surface area contributed by atoms with Gasteiger partial charge in [-0.1, -0.05) is 13.8 Å². The Labute approximate surface area is 93.5 Å². The molecule has 0 aliphatic carbocycles. The second-order valence-electron chi connectivity index (χ2n) is 4.92. The molecule has 0 aliphatic heterocycles. The zero-order valence-corrected chi connectivity index (χ0v) is 10.7. The first-order chi connectivity index (χ1) is 6.84. The number of aliphatic hydroxyl groups excluding tert-OH is 1. The summed E-state index contributed by atoms with van der Waals surface area (Å²) in [5.41, 5.74) is 0. The van der Waals surface area contributed by atoms with Crippen molar-refractivity contribution >= 4 is 5.91 Å². The molecule has 0 rings (SSSR count). The minimum Gasteiger partial charge on any atom is -0.393 e. The maximum atomic E-state index is 11.8. The number of rotatable bonds is 6. The molecule has 0 aromatic heterocycles. The summed E-state index contributed by atoms with van der Waals surface area (Å²) in [6.07, 6.45) is 0.616. The van der Waals surface area contributed by atoms with Gasteiger partial charge in [-0.05, 0) is 33.1 Å². The maximum absolute atomic E-state index is 11.8. The molecule has 3 heteroatoms. The molecule has 1 N–H and O–H groups in total. The van der Waals surface area contributed by atoms with Crippen molar-refractivity contribution in [2.24, 2.45) is 5.92 Å². The Hall–Kier alpha value is -0.570. The van der Waals surface area contributed by atoms with E-state index in [1.165, 1.54) is 0 Å². The molecule has 0 saturated heterocycles. The molecule has 0 aliphatic rings. The first-order valence-corrected chi connectivity index (χ1v) is 5.82. The van der Waals surface area contributed by atoms with E-state index in [0.29, 0.717) is 18.8 Å². The van der Waals surface area contributed by atoms with Crippen LogP contribution in [0.15, 0.2) is 0 Å². The van der Waals surface area contributed by atoms with E-state index in [1.807, 2.05) is 18.7 Å². The average molecular weight is 215 g/mol. The quantitative estimate of drug-likeness (QED) is 0.736. The van der Waals surface area contributed by atoms with E-state index in [0.717, 1.165) is 6.54 Å². The molecule has 90 valence electrons. The normalized spacial score (nSPS) is 13.3. The number of hydrogen-bond donors (Lipinski definition) is 1. The third-order valence-corrected chi connectivity index (χ3v) is 2.28. The summed E-state index contributed by atoms with van der Waals surface area (Å²) in [7, 11) is 0. The maximum Gasteiger partial charge on any atom is 0.222 e. The highest BCUT2D eigenvalue weighted by atomic mass is 16.3. The molecule has 0 aromatic rings. The fraction of sp³-hybridized carbons (Fsp3) is 0.917. The number of carbonyl (C=O) groups excluding carboxylic acids is 1. The van der Waals surface area contributed by atoms with Gasteiger partial charge in [-0.15, -0.1) is 0 Å². The van der Waals surface area contributed by atoms with Gasteiger partial charge in [-0.2, -0.15) is 0 Å². The van der Waals surface area contributed by atoms with E-state index in [-0.39, 0.29) is 18.1 Å². The van der Waals surface area contributed by atoms with Crippen LogP contribution in [0.3, 0.4) is 0 Å². The minimum absolute atomic E-state index is 0.152. The molecule has 0 bridgehead atoms. The van der Waals surface area contributed by atoms with E-state index in [4.69, 9.17) is 5.11 Å². The lowest BCUT2D eigenvalue weighted by Gasteiger charge is -2.28. The van der Waals surface area contributed by atoms with Crippen molar-refractivity contribution in [2.45, 2.75) is 59.6 Å². The van der Waals surface area contributed by atoms with Crippen LogP contribution in [0.2, 0.25) is 0 Å². The molecule has 0 fully saturated rings. The summed E-state index contributed by atoms with van der Waals surface area (Å²) in [6.45, 7) is 10.8. The monoisotopic (exact) mass is 215 g/mol. The molecule has 3 nitrogen and oxygen atoms in total. The van der Waals surface area contributed by atoms with Crippen LogP contribution < -0.4 is 0 Å². The third kappa shape index (κ3) is 6.50. The molecule has 1 unspecified atom stereocenters. The predicted molar refractivity (Wildman–Crippen MR) is 62.6 cm³/mol. The lowest BCUT2D eigenvalue weighted by Crippen LogP contribution is -2.39. The van der Waals surface area contributed by atoms with Crippen LogP contribution in [-0.2, 0) is 4.79 Å². The van der Waals surface area contributed by atoms with Crippen molar-refractivity contribution in [3.63, 3.8) is 0 Å². The standard InChI is InChI=1S/C12H25NO2/c1-9(2)8-13(10(3)4)12(15)7-6-11(5)14/h9-11,14H,6-8H2,1-5H3. The zero-order valence-electron chi connectivity index (χ0n) is 10.7. The van der Waals surface area contributed by atoms with E-state index in [9.17, 15) is 4.79 Å². The number of aliphatic hydroxyl groups is 1. The Morgan fingerprint density at radius 1 is 1.20 bits per heavy atom.